The number of para-hydroxylation sites is 1. The SMILES string of the molecule is CC1OCCC1CNc1cccc(C#N)c1[N+](=O)[O-]. The van der Waals surface area contributed by atoms with Crippen molar-refractivity contribution >= 4 is 11.4 Å². The number of nitro benzene ring substituents is 1. The highest BCUT2D eigenvalue weighted by Gasteiger charge is 2.25. The van der Waals surface area contributed by atoms with Crippen LogP contribution in [0.15, 0.2) is 18.2 Å². The second-order valence-corrected chi connectivity index (χ2v) is 4.58. The van der Waals surface area contributed by atoms with E-state index in [1.165, 1.54) is 6.07 Å². The Bertz CT molecular complexity index is 524. The van der Waals surface area contributed by atoms with Gasteiger partial charge in [-0.25, -0.2) is 0 Å². The van der Waals surface area contributed by atoms with Crippen LogP contribution in [0.5, 0.6) is 0 Å². The third-order valence-corrected chi connectivity index (χ3v) is 3.43. The van der Waals surface area contributed by atoms with Crippen LogP contribution in [-0.4, -0.2) is 24.2 Å². The maximum atomic E-state index is 11.1. The highest BCUT2D eigenvalue weighted by atomic mass is 16.6. The second-order valence-electron chi connectivity index (χ2n) is 4.58. The Morgan fingerprint density at radius 1 is 1.63 bits per heavy atom. The van der Waals surface area contributed by atoms with Crippen molar-refractivity contribution in [2.45, 2.75) is 19.4 Å². The maximum absolute atomic E-state index is 11.1. The lowest BCUT2D eigenvalue weighted by atomic mass is 10.0. The number of nitrogens with zero attached hydrogens (tertiary/aromatic N) is 2. The van der Waals surface area contributed by atoms with E-state index in [0.717, 1.165) is 13.0 Å². The Labute approximate surface area is 111 Å². The van der Waals surface area contributed by atoms with E-state index < -0.39 is 4.92 Å². The average Bonchev–Trinajstić information content (AvgIpc) is 2.81. The molecule has 0 aliphatic carbocycles. The number of hydrogen-bond acceptors (Lipinski definition) is 5. The standard InChI is InChI=1S/C13H15N3O3/c1-9-11(5-6-19-9)8-15-12-4-2-3-10(7-14)13(12)16(17)18/h2-4,9,11,15H,5-6,8H2,1H3. The van der Waals surface area contributed by atoms with Crippen molar-refractivity contribution in [1.82, 2.24) is 0 Å². The zero-order valence-electron chi connectivity index (χ0n) is 10.6. The Hall–Kier alpha value is -2.13. The molecule has 6 heteroatoms. The van der Waals surface area contributed by atoms with E-state index in [4.69, 9.17) is 10.00 Å². The van der Waals surface area contributed by atoms with E-state index in [-0.39, 0.29) is 17.4 Å². The molecule has 0 saturated carbocycles. The van der Waals surface area contributed by atoms with Gasteiger partial charge in [-0.05, 0) is 25.5 Å². The van der Waals surface area contributed by atoms with E-state index in [2.05, 4.69) is 5.32 Å². The van der Waals surface area contributed by atoms with Gasteiger partial charge < -0.3 is 10.1 Å². The Morgan fingerprint density at radius 2 is 2.42 bits per heavy atom. The minimum Gasteiger partial charge on any atom is -0.379 e. The van der Waals surface area contributed by atoms with Crippen LogP contribution in [0.2, 0.25) is 0 Å². The maximum Gasteiger partial charge on any atom is 0.309 e. The van der Waals surface area contributed by atoms with Gasteiger partial charge in [-0.1, -0.05) is 6.07 Å². The van der Waals surface area contributed by atoms with Crippen LogP contribution in [-0.2, 0) is 4.74 Å². The van der Waals surface area contributed by atoms with Crippen LogP contribution >= 0.6 is 0 Å². The van der Waals surface area contributed by atoms with E-state index >= 15 is 0 Å². The van der Waals surface area contributed by atoms with Crippen molar-refractivity contribution in [2.24, 2.45) is 5.92 Å². The molecule has 1 fully saturated rings. The molecule has 1 aliphatic heterocycles. The summed E-state index contributed by atoms with van der Waals surface area (Å²) in [6.45, 7) is 3.34. The predicted octanol–water partition coefficient (Wildman–Crippen LogP) is 2.30. The third kappa shape index (κ3) is 2.83. The first kappa shape index (κ1) is 13.3. The van der Waals surface area contributed by atoms with Gasteiger partial charge in [0.05, 0.1) is 11.0 Å². The largest absolute Gasteiger partial charge is 0.379 e. The van der Waals surface area contributed by atoms with Gasteiger partial charge in [-0.2, -0.15) is 5.26 Å². The molecule has 1 aliphatic rings. The van der Waals surface area contributed by atoms with Gasteiger partial charge in [0.15, 0.2) is 0 Å². The second kappa shape index (κ2) is 5.67. The lowest BCUT2D eigenvalue weighted by Gasteiger charge is -2.15. The van der Waals surface area contributed by atoms with Gasteiger partial charge in [-0.15, -0.1) is 0 Å². The molecule has 2 rings (SSSR count). The molecule has 19 heavy (non-hydrogen) atoms. The van der Waals surface area contributed by atoms with E-state index in [0.29, 0.717) is 18.2 Å². The molecule has 100 valence electrons. The summed E-state index contributed by atoms with van der Waals surface area (Å²) in [5.74, 6) is 0.338. The quantitative estimate of drug-likeness (QED) is 0.663. The molecule has 1 N–H and O–H groups in total. The summed E-state index contributed by atoms with van der Waals surface area (Å²) >= 11 is 0. The highest BCUT2D eigenvalue weighted by molar-refractivity contribution is 5.68. The molecule has 1 heterocycles. The van der Waals surface area contributed by atoms with Gasteiger partial charge in [-0.3, -0.25) is 10.1 Å². The first-order chi connectivity index (χ1) is 9.13. The van der Waals surface area contributed by atoms with Crippen molar-refractivity contribution in [3.63, 3.8) is 0 Å². The fraction of sp³-hybridized carbons (Fsp3) is 0.462. The summed E-state index contributed by atoms with van der Waals surface area (Å²) in [4.78, 5) is 10.5. The summed E-state index contributed by atoms with van der Waals surface area (Å²) in [5.41, 5.74) is 0.311. The fourth-order valence-corrected chi connectivity index (χ4v) is 2.26. The zero-order valence-corrected chi connectivity index (χ0v) is 10.6. The molecule has 0 amide bonds. The number of nitriles is 1. The van der Waals surface area contributed by atoms with E-state index in [1.807, 2.05) is 13.0 Å². The topological polar surface area (TPSA) is 88.2 Å². The normalized spacial score (nSPS) is 21.9. The molecule has 1 saturated heterocycles. The Balaban J connectivity index is 2.16. The molecule has 2 unspecified atom stereocenters. The van der Waals surface area contributed by atoms with Gasteiger partial charge in [0.25, 0.3) is 0 Å². The van der Waals surface area contributed by atoms with Gasteiger partial charge in [0.1, 0.15) is 17.3 Å². The summed E-state index contributed by atoms with van der Waals surface area (Å²) in [6.07, 6.45) is 1.10. The first-order valence-corrected chi connectivity index (χ1v) is 6.16. The van der Waals surface area contributed by atoms with Crippen molar-refractivity contribution in [3.05, 3.63) is 33.9 Å². The van der Waals surface area contributed by atoms with Crippen LogP contribution in [0.1, 0.15) is 18.9 Å². The Kier molecular flexibility index (Phi) is 3.97. The van der Waals surface area contributed by atoms with Crippen molar-refractivity contribution in [3.8, 4) is 6.07 Å². The van der Waals surface area contributed by atoms with Crippen molar-refractivity contribution < 1.29 is 9.66 Å². The van der Waals surface area contributed by atoms with E-state index in [1.54, 1.807) is 12.1 Å². The zero-order chi connectivity index (χ0) is 13.8. The predicted molar refractivity (Wildman–Crippen MR) is 69.8 cm³/mol. The number of hydrogen-bond donors (Lipinski definition) is 1. The van der Waals surface area contributed by atoms with Crippen molar-refractivity contribution in [1.29, 1.82) is 5.26 Å². The molecule has 0 bridgehead atoms. The number of anilines is 1. The third-order valence-electron chi connectivity index (χ3n) is 3.43. The highest BCUT2D eigenvalue weighted by Crippen LogP contribution is 2.29. The molecule has 1 aromatic carbocycles. The lowest BCUT2D eigenvalue weighted by Crippen LogP contribution is -2.21. The Morgan fingerprint density at radius 3 is 3.00 bits per heavy atom. The number of nitrogens with one attached hydrogen (secondary N) is 1. The number of rotatable bonds is 4. The first-order valence-electron chi connectivity index (χ1n) is 6.16. The molecule has 0 radical (unpaired) electrons. The molecular formula is C13H15N3O3. The smallest absolute Gasteiger partial charge is 0.309 e. The minimum atomic E-state index is -0.518. The van der Waals surface area contributed by atoms with Crippen LogP contribution < -0.4 is 5.32 Å². The minimum absolute atomic E-state index is 0.0747. The number of nitro groups is 1. The van der Waals surface area contributed by atoms with E-state index in [9.17, 15) is 10.1 Å². The summed E-state index contributed by atoms with van der Waals surface area (Å²) < 4.78 is 5.45. The van der Waals surface area contributed by atoms with Crippen LogP contribution in [0.4, 0.5) is 11.4 Å². The number of ether oxygens (including phenoxy) is 1. The van der Waals surface area contributed by atoms with Crippen LogP contribution in [0.3, 0.4) is 0 Å². The molecule has 2 atom stereocenters. The molecule has 0 spiro atoms. The summed E-state index contributed by atoms with van der Waals surface area (Å²) in [7, 11) is 0. The van der Waals surface area contributed by atoms with Crippen LogP contribution in [0.25, 0.3) is 0 Å². The molecule has 0 aromatic heterocycles. The lowest BCUT2D eigenvalue weighted by molar-refractivity contribution is -0.384. The van der Waals surface area contributed by atoms with Crippen molar-refractivity contribution in [2.75, 3.05) is 18.5 Å². The molecular weight excluding hydrogens is 246 g/mol. The van der Waals surface area contributed by atoms with Gasteiger partial charge >= 0.3 is 5.69 Å². The molecule has 6 nitrogen and oxygen atoms in total. The fourth-order valence-electron chi connectivity index (χ4n) is 2.26. The van der Waals surface area contributed by atoms with Gasteiger partial charge in [0, 0.05) is 19.1 Å². The number of benzene rings is 1. The average molecular weight is 261 g/mol. The summed E-state index contributed by atoms with van der Waals surface area (Å²) in [5, 5.41) is 23.0. The summed E-state index contributed by atoms with van der Waals surface area (Å²) in [6, 6.07) is 6.56. The monoisotopic (exact) mass is 261 g/mol. The van der Waals surface area contributed by atoms with Crippen LogP contribution in [0, 0.1) is 27.4 Å². The van der Waals surface area contributed by atoms with Gasteiger partial charge in [0.2, 0.25) is 0 Å². The molecule has 1 aromatic rings.